The van der Waals surface area contributed by atoms with Crippen molar-refractivity contribution >= 4 is 0 Å². The van der Waals surface area contributed by atoms with Gasteiger partial charge in [0, 0.05) is 18.3 Å². The predicted octanol–water partition coefficient (Wildman–Crippen LogP) is 2.31. The van der Waals surface area contributed by atoms with Crippen molar-refractivity contribution in [3.05, 3.63) is 47.3 Å². The van der Waals surface area contributed by atoms with Crippen LogP contribution in [0.15, 0.2) is 24.3 Å². The van der Waals surface area contributed by atoms with Crippen molar-refractivity contribution < 1.29 is 13.5 Å². The van der Waals surface area contributed by atoms with Gasteiger partial charge in [0.15, 0.2) is 11.6 Å². The molecular formula is C12H11F2N3O. The van der Waals surface area contributed by atoms with Gasteiger partial charge in [-0.1, -0.05) is 0 Å². The minimum Gasteiger partial charge on any atom is -0.421 e. The van der Waals surface area contributed by atoms with Crippen LogP contribution in [0.4, 0.5) is 8.78 Å². The summed E-state index contributed by atoms with van der Waals surface area (Å²) in [4.78, 5) is 7.98. The van der Waals surface area contributed by atoms with Gasteiger partial charge in [-0.25, -0.2) is 13.8 Å². The normalized spacial score (nSPS) is 10.4. The zero-order valence-electron chi connectivity index (χ0n) is 9.65. The van der Waals surface area contributed by atoms with Gasteiger partial charge in [0.1, 0.15) is 5.82 Å². The first-order valence-corrected chi connectivity index (χ1v) is 5.26. The quantitative estimate of drug-likeness (QED) is 0.909. The van der Waals surface area contributed by atoms with Gasteiger partial charge in [0.2, 0.25) is 0 Å². The van der Waals surface area contributed by atoms with Gasteiger partial charge in [0.25, 0.3) is 0 Å². The zero-order chi connectivity index (χ0) is 13.1. The van der Waals surface area contributed by atoms with Gasteiger partial charge >= 0.3 is 6.01 Å². The van der Waals surface area contributed by atoms with Gasteiger partial charge in [-0.15, -0.1) is 0 Å². The second-order valence-electron chi connectivity index (χ2n) is 3.66. The lowest BCUT2D eigenvalue weighted by Gasteiger charge is -2.07. The molecule has 2 N–H and O–H groups in total. The van der Waals surface area contributed by atoms with Crippen LogP contribution in [0.5, 0.6) is 11.8 Å². The number of nitrogens with zero attached hydrogens (tertiary/aromatic N) is 2. The molecule has 2 rings (SSSR count). The fraction of sp³-hybridized carbons (Fsp3) is 0.167. The molecule has 1 aromatic heterocycles. The lowest BCUT2D eigenvalue weighted by molar-refractivity contribution is 0.405. The van der Waals surface area contributed by atoms with Crippen LogP contribution in [0.25, 0.3) is 0 Å². The Balaban J connectivity index is 2.30. The highest BCUT2D eigenvalue weighted by molar-refractivity contribution is 5.27. The van der Waals surface area contributed by atoms with E-state index in [0.717, 1.165) is 12.1 Å². The largest absolute Gasteiger partial charge is 0.421 e. The van der Waals surface area contributed by atoms with Crippen molar-refractivity contribution in [3.63, 3.8) is 0 Å². The fourth-order valence-electron chi connectivity index (χ4n) is 1.41. The minimum absolute atomic E-state index is 0.0130. The summed E-state index contributed by atoms with van der Waals surface area (Å²) >= 11 is 0. The number of aromatic nitrogens is 2. The number of hydrogen-bond acceptors (Lipinski definition) is 4. The molecule has 0 bridgehead atoms. The van der Waals surface area contributed by atoms with Crippen molar-refractivity contribution in [1.82, 2.24) is 9.97 Å². The van der Waals surface area contributed by atoms with E-state index in [1.54, 1.807) is 13.0 Å². The SMILES string of the molecule is Cc1cc(CN)nc(Oc2ccc(F)cc2F)n1. The Morgan fingerprint density at radius 3 is 2.67 bits per heavy atom. The van der Waals surface area contributed by atoms with Gasteiger partial charge in [-0.3, -0.25) is 0 Å². The molecule has 0 amide bonds. The molecule has 0 fully saturated rings. The molecule has 0 aliphatic heterocycles. The van der Waals surface area contributed by atoms with Crippen molar-refractivity contribution in [1.29, 1.82) is 0 Å². The zero-order valence-corrected chi connectivity index (χ0v) is 9.65. The number of aryl methyl sites for hydroxylation is 1. The number of rotatable bonds is 3. The average Bonchev–Trinajstić information content (AvgIpc) is 2.32. The molecule has 0 atom stereocenters. The summed E-state index contributed by atoms with van der Waals surface area (Å²) in [7, 11) is 0. The molecule has 0 saturated heterocycles. The fourth-order valence-corrected chi connectivity index (χ4v) is 1.41. The first-order chi connectivity index (χ1) is 8.58. The summed E-state index contributed by atoms with van der Waals surface area (Å²) in [5, 5.41) is 0. The maximum absolute atomic E-state index is 13.4. The summed E-state index contributed by atoms with van der Waals surface area (Å²) in [6, 6.07) is 4.69. The molecule has 0 saturated carbocycles. The molecule has 1 aromatic carbocycles. The highest BCUT2D eigenvalue weighted by atomic mass is 19.1. The Kier molecular flexibility index (Phi) is 3.47. The molecule has 94 valence electrons. The first-order valence-electron chi connectivity index (χ1n) is 5.26. The standard InChI is InChI=1S/C12H11F2N3O/c1-7-4-9(6-15)17-12(16-7)18-11-3-2-8(13)5-10(11)14/h2-5H,6,15H2,1H3. The molecule has 0 spiro atoms. The van der Waals surface area contributed by atoms with E-state index < -0.39 is 11.6 Å². The van der Waals surface area contributed by atoms with Crippen molar-refractivity contribution in [2.75, 3.05) is 0 Å². The van der Waals surface area contributed by atoms with Gasteiger partial charge < -0.3 is 10.5 Å². The molecule has 0 unspecified atom stereocenters. The smallest absolute Gasteiger partial charge is 0.322 e. The average molecular weight is 251 g/mol. The topological polar surface area (TPSA) is 61.0 Å². The second-order valence-corrected chi connectivity index (χ2v) is 3.66. The van der Waals surface area contributed by atoms with Crippen molar-refractivity contribution in [3.8, 4) is 11.8 Å². The highest BCUT2D eigenvalue weighted by Gasteiger charge is 2.09. The molecular weight excluding hydrogens is 240 g/mol. The number of halogens is 2. The third-order valence-corrected chi connectivity index (χ3v) is 2.19. The number of ether oxygens (including phenoxy) is 1. The Labute approximate surface area is 102 Å². The third kappa shape index (κ3) is 2.78. The van der Waals surface area contributed by atoms with Crippen LogP contribution >= 0.6 is 0 Å². The van der Waals surface area contributed by atoms with Crippen molar-refractivity contribution in [2.45, 2.75) is 13.5 Å². The maximum Gasteiger partial charge on any atom is 0.322 e. The predicted molar refractivity (Wildman–Crippen MR) is 61.1 cm³/mol. The first kappa shape index (κ1) is 12.4. The molecule has 1 heterocycles. The van der Waals surface area contributed by atoms with Crippen LogP contribution in [-0.2, 0) is 6.54 Å². The van der Waals surface area contributed by atoms with E-state index in [2.05, 4.69) is 9.97 Å². The summed E-state index contributed by atoms with van der Waals surface area (Å²) in [6.07, 6.45) is 0. The molecule has 4 nitrogen and oxygen atoms in total. The highest BCUT2D eigenvalue weighted by Crippen LogP contribution is 2.22. The summed E-state index contributed by atoms with van der Waals surface area (Å²) in [5.74, 6) is -1.62. The Hall–Kier alpha value is -2.08. The number of benzene rings is 1. The van der Waals surface area contributed by atoms with Gasteiger partial charge in [0.05, 0.1) is 5.69 Å². The van der Waals surface area contributed by atoms with E-state index in [-0.39, 0.29) is 18.3 Å². The van der Waals surface area contributed by atoms with Gasteiger partial charge in [-0.2, -0.15) is 4.98 Å². The van der Waals surface area contributed by atoms with E-state index >= 15 is 0 Å². The van der Waals surface area contributed by atoms with E-state index in [1.165, 1.54) is 6.07 Å². The number of nitrogens with two attached hydrogens (primary N) is 1. The van der Waals surface area contributed by atoms with Crippen LogP contribution < -0.4 is 10.5 Å². The monoisotopic (exact) mass is 251 g/mol. The third-order valence-electron chi connectivity index (χ3n) is 2.19. The van der Waals surface area contributed by atoms with E-state index in [9.17, 15) is 8.78 Å². The lowest BCUT2D eigenvalue weighted by Crippen LogP contribution is -2.04. The van der Waals surface area contributed by atoms with Crippen molar-refractivity contribution in [2.24, 2.45) is 5.73 Å². The van der Waals surface area contributed by atoms with E-state index in [0.29, 0.717) is 11.4 Å². The number of hydrogen-bond donors (Lipinski definition) is 1. The van der Waals surface area contributed by atoms with Crippen LogP contribution in [0.2, 0.25) is 0 Å². The Morgan fingerprint density at radius 2 is 2.00 bits per heavy atom. The maximum atomic E-state index is 13.4. The second kappa shape index (κ2) is 5.05. The molecule has 0 aliphatic carbocycles. The molecule has 6 heteroatoms. The van der Waals surface area contributed by atoms with Crippen LogP contribution in [-0.4, -0.2) is 9.97 Å². The van der Waals surface area contributed by atoms with Gasteiger partial charge in [-0.05, 0) is 25.1 Å². The lowest BCUT2D eigenvalue weighted by atomic mass is 10.3. The minimum atomic E-state index is -0.811. The Morgan fingerprint density at radius 1 is 1.22 bits per heavy atom. The summed E-state index contributed by atoms with van der Waals surface area (Å²) < 4.78 is 31.3. The molecule has 0 radical (unpaired) electrons. The molecule has 0 aliphatic rings. The van der Waals surface area contributed by atoms with E-state index in [1.807, 2.05) is 0 Å². The summed E-state index contributed by atoms with van der Waals surface area (Å²) in [6.45, 7) is 1.97. The van der Waals surface area contributed by atoms with Crippen LogP contribution in [0, 0.1) is 18.6 Å². The van der Waals surface area contributed by atoms with E-state index in [4.69, 9.17) is 10.5 Å². The van der Waals surface area contributed by atoms with Crippen LogP contribution in [0.1, 0.15) is 11.4 Å². The molecule has 2 aromatic rings. The molecule has 18 heavy (non-hydrogen) atoms. The Bertz CT molecular complexity index is 575. The van der Waals surface area contributed by atoms with Crippen LogP contribution in [0.3, 0.4) is 0 Å². The summed E-state index contributed by atoms with van der Waals surface area (Å²) in [5.41, 5.74) is 6.70.